The third kappa shape index (κ3) is 2.68. The number of hydrogen-bond acceptors (Lipinski definition) is 5. The van der Waals surface area contributed by atoms with Crippen molar-refractivity contribution in [1.29, 1.82) is 0 Å². The number of esters is 1. The van der Waals surface area contributed by atoms with Gasteiger partial charge in [-0.2, -0.15) is 0 Å². The van der Waals surface area contributed by atoms with Crippen LogP contribution in [0.4, 0.5) is 0 Å². The first-order valence-electron chi connectivity index (χ1n) is 5.31. The van der Waals surface area contributed by atoms with Gasteiger partial charge < -0.3 is 14.9 Å². The lowest BCUT2D eigenvalue weighted by Crippen LogP contribution is -2.47. The Morgan fingerprint density at radius 3 is 2.29 bits per heavy atom. The summed E-state index contributed by atoms with van der Waals surface area (Å²) >= 11 is 0. The molecule has 1 unspecified atom stereocenters. The van der Waals surface area contributed by atoms with E-state index >= 15 is 0 Å². The SMILES string of the molecule is CCNC(C)(C(=O)OC)c1cc(O)cc(O)c1. The minimum absolute atomic E-state index is 0.104. The molecule has 0 aromatic heterocycles. The normalized spacial score (nSPS) is 14.1. The molecule has 3 N–H and O–H groups in total. The summed E-state index contributed by atoms with van der Waals surface area (Å²) in [4.78, 5) is 11.8. The van der Waals surface area contributed by atoms with E-state index in [0.29, 0.717) is 12.1 Å². The molecule has 1 aromatic carbocycles. The molecule has 5 heteroatoms. The van der Waals surface area contributed by atoms with Gasteiger partial charge in [0.1, 0.15) is 17.0 Å². The molecule has 0 saturated carbocycles. The topological polar surface area (TPSA) is 78.8 Å². The number of aromatic hydroxyl groups is 2. The fourth-order valence-electron chi connectivity index (χ4n) is 1.73. The third-order valence-corrected chi connectivity index (χ3v) is 2.60. The lowest BCUT2D eigenvalue weighted by Gasteiger charge is -2.28. The first-order chi connectivity index (χ1) is 7.93. The van der Waals surface area contributed by atoms with Crippen LogP contribution in [0.25, 0.3) is 0 Å². The summed E-state index contributed by atoms with van der Waals surface area (Å²) in [6.45, 7) is 4.03. The van der Waals surface area contributed by atoms with Gasteiger partial charge in [-0.05, 0) is 31.2 Å². The molecule has 0 saturated heterocycles. The highest BCUT2D eigenvalue weighted by Gasteiger charge is 2.36. The highest BCUT2D eigenvalue weighted by molar-refractivity contribution is 5.82. The predicted molar refractivity (Wildman–Crippen MR) is 62.8 cm³/mol. The molecule has 0 radical (unpaired) electrons. The van der Waals surface area contributed by atoms with Crippen molar-refractivity contribution in [2.45, 2.75) is 19.4 Å². The number of methoxy groups -OCH3 is 1. The van der Waals surface area contributed by atoms with E-state index in [1.54, 1.807) is 6.92 Å². The van der Waals surface area contributed by atoms with E-state index in [1.807, 2.05) is 6.92 Å². The summed E-state index contributed by atoms with van der Waals surface area (Å²) in [6.07, 6.45) is 0. The average molecular weight is 239 g/mol. The quantitative estimate of drug-likeness (QED) is 0.686. The van der Waals surface area contributed by atoms with E-state index in [9.17, 15) is 15.0 Å². The highest BCUT2D eigenvalue weighted by atomic mass is 16.5. The van der Waals surface area contributed by atoms with Crippen molar-refractivity contribution in [2.24, 2.45) is 0 Å². The van der Waals surface area contributed by atoms with Gasteiger partial charge in [0.25, 0.3) is 0 Å². The van der Waals surface area contributed by atoms with E-state index < -0.39 is 11.5 Å². The monoisotopic (exact) mass is 239 g/mol. The van der Waals surface area contributed by atoms with Crippen LogP contribution in [-0.4, -0.2) is 29.8 Å². The molecule has 0 fully saturated rings. The number of ether oxygens (including phenoxy) is 1. The average Bonchev–Trinajstić information content (AvgIpc) is 2.26. The second-order valence-corrected chi connectivity index (χ2v) is 3.88. The van der Waals surface area contributed by atoms with Crippen molar-refractivity contribution in [3.63, 3.8) is 0 Å². The minimum atomic E-state index is -1.10. The van der Waals surface area contributed by atoms with Crippen molar-refractivity contribution in [3.8, 4) is 11.5 Å². The zero-order valence-corrected chi connectivity index (χ0v) is 10.2. The van der Waals surface area contributed by atoms with Crippen molar-refractivity contribution in [1.82, 2.24) is 5.32 Å². The van der Waals surface area contributed by atoms with Crippen molar-refractivity contribution < 1.29 is 19.7 Å². The number of likely N-dealkylation sites (N-methyl/N-ethyl adjacent to an activating group) is 1. The van der Waals surface area contributed by atoms with Crippen molar-refractivity contribution >= 4 is 5.97 Å². The summed E-state index contributed by atoms with van der Waals surface area (Å²) in [5, 5.41) is 21.9. The van der Waals surface area contributed by atoms with E-state index in [0.717, 1.165) is 0 Å². The van der Waals surface area contributed by atoms with Crippen LogP contribution in [0, 0.1) is 0 Å². The van der Waals surface area contributed by atoms with Crippen molar-refractivity contribution in [2.75, 3.05) is 13.7 Å². The number of carbonyl (C=O) groups excluding carboxylic acids is 1. The molecule has 94 valence electrons. The molecule has 0 amide bonds. The van der Waals surface area contributed by atoms with Gasteiger partial charge in [0, 0.05) is 6.07 Å². The molecule has 0 heterocycles. The molecule has 0 aliphatic rings. The van der Waals surface area contributed by atoms with Crippen molar-refractivity contribution in [3.05, 3.63) is 23.8 Å². The Hall–Kier alpha value is -1.75. The fraction of sp³-hybridized carbons (Fsp3) is 0.417. The Balaban J connectivity index is 3.26. The van der Waals surface area contributed by atoms with E-state index in [-0.39, 0.29) is 11.5 Å². The summed E-state index contributed by atoms with van der Waals surface area (Å²) in [7, 11) is 1.29. The third-order valence-electron chi connectivity index (χ3n) is 2.60. The Morgan fingerprint density at radius 2 is 1.88 bits per heavy atom. The van der Waals surface area contributed by atoms with Crippen LogP contribution >= 0.6 is 0 Å². The number of phenols is 2. The van der Waals surface area contributed by atoms with Crippen LogP contribution in [0.3, 0.4) is 0 Å². The fourth-order valence-corrected chi connectivity index (χ4v) is 1.73. The Labute approximate surface area is 100 Å². The van der Waals surface area contributed by atoms with Crippen LogP contribution in [0.5, 0.6) is 11.5 Å². The number of hydrogen-bond donors (Lipinski definition) is 3. The van der Waals surface area contributed by atoms with Crippen LogP contribution in [0.15, 0.2) is 18.2 Å². The molecule has 1 rings (SSSR count). The van der Waals surface area contributed by atoms with Gasteiger partial charge in [0.2, 0.25) is 0 Å². The molecular weight excluding hydrogens is 222 g/mol. The Bertz CT molecular complexity index is 399. The van der Waals surface area contributed by atoms with Crippen LogP contribution in [0.2, 0.25) is 0 Å². The van der Waals surface area contributed by atoms with Gasteiger partial charge in [-0.15, -0.1) is 0 Å². The lowest BCUT2D eigenvalue weighted by molar-refractivity contribution is -0.148. The predicted octanol–water partition coefficient (Wildman–Crippen LogP) is 1.10. The Kier molecular flexibility index (Phi) is 3.96. The van der Waals surface area contributed by atoms with Crippen LogP contribution in [-0.2, 0) is 15.1 Å². The van der Waals surface area contributed by atoms with E-state index in [1.165, 1.54) is 25.3 Å². The minimum Gasteiger partial charge on any atom is -0.508 e. The van der Waals surface area contributed by atoms with Gasteiger partial charge >= 0.3 is 5.97 Å². The molecule has 0 spiro atoms. The lowest BCUT2D eigenvalue weighted by atomic mass is 9.91. The van der Waals surface area contributed by atoms with Gasteiger partial charge in [0.05, 0.1) is 7.11 Å². The van der Waals surface area contributed by atoms with E-state index in [4.69, 9.17) is 4.74 Å². The number of nitrogens with one attached hydrogen (secondary N) is 1. The summed E-state index contributed by atoms with van der Waals surface area (Å²) < 4.78 is 4.74. The molecule has 0 aliphatic heterocycles. The molecule has 5 nitrogen and oxygen atoms in total. The maximum atomic E-state index is 11.8. The van der Waals surface area contributed by atoms with Crippen LogP contribution < -0.4 is 5.32 Å². The number of rotatable bonds is 4. The number of phenolic OH excluding ortho intramolecular Hbond substituents is 2. The highest BCUT2D eigenvalue weighted by Crippen LogP contribution is 2.29. The zero-order valence-electron chi connectivity index (χ0n) is 10.2. The second-order valence-electron chi connectivity index (χ2n) is 3.88. The van der Waals surface area contributed by atoms with Gasteiger partial charge in [-0.3, -0.25) is 5.32 Å². The molecule has 0 aliphatic carbocycles. The zero-order chi connectivity index (χ0) is 13.1. The number of carbonyl (C=O) groups is 1. The smallest absolute Gasteiger partial charge is 0.330 e. The first-order valence-corrected chi connectivity index (χ1v) is 5.31. The summed E-state index contributed by atoms with van der Waals surface area (Å²) in [6, 6.07) is 4.03. The maximum absolute atomic E-state index is 11.8. The maximum Gasteiger partial charge on any atom is 0.330 e. The molecule has 1 atom stereocenters. The largest absolute Gasteiger partial charge is 0.508 e. The molecule has 0 bridgehead atoms. The summed E-state index contributed by atoms with van der Waals surface area (Å²) in [5.74, 6) is -0.689. The van der Waals surface area contributed by atoms with Gasteiger partial charge in [0.15, 0.2) is 0 Å². The molecule has 1 aromatic rings. The summed E-state index contributed by atoms with van der Waals surface area (Å²) in [5.41, 5.74) is -0.650. The van der Waals surface area contributed by atoms with E-state index in [2.05, 4.69) is 5.32 Å². The van der Waals surface area contributed by atoms with Gasteiger partial charge in [-0.25, -0.2) is 4.79 Å². The first kappa shape index (κ1) is 13.3. The second kappa shape index (κ2) is 5.05. The van der Waals surface area contributed by atoms with Gasteiger partial charge in [-0.1, -0.05) is 6.92 Å². The molecular formula is C12H17NO4. The number of benzene rings is 1. The molecule has 17 heavy (non-hydrogen) atoms. The van der Waals surface area contributed by atoms with Crippen LogP contribution in [0.1, 0.15) is 19.4 Å². The Morgan fingerprint density at radius 1 is 1.35 bits per heavy atom. The standard InChI is InChI=1S/C12H17NO4/c1-4-13-12(2,11(16)17-3)8-5-9(14)7-10(15)6-8/h5-7,13-15H,4H2,1-3H3.